The Morgan fingerprint density at radius 2 is 2.00 bits per heavy atom. The van der Waals surface area contributed by atoms with Gasteiger partial charge in [0.1, 0.15) is 6.61 Å². The van der Waals surface area contributed by atoms with Crippen LogP contribution in [0.5, 0.6) is 11.5 Å². The van der Waals surface area contributed by atoms with Crippen molar-refractivity contribution in [3.63, 3.8) is 0 Å². The van der Waals surface area contributed by atoms with Crippen LogP contribution in [-0.4, -0.2) is 18.5 Å². The lowest BCUT2D eigenvalue weighted by Crippen LogP contribution is -2.01. The van der Waals surface area contributed by atoms with Gasteiger partial charge in [-0.1, -0.05) is 34.4 Å². The second-order valence-corrected chi connectivity index (χ2v) is 6.29. The van der Waals surface area contributed by atoms with E-state index in [1.807, 2.05) is 12.1 Å². The Hall–Kier alpha value is -1.18. The fraction of sp³-hybridized carbons (Fsp3) is 0.133. The standard InChI is InChI=1S/C15H12Cl2INO3/c1-21-14-6-10(7-19-20)5-13(18)15(14)22-8-9-2-3-11(16)12(17)4-9/h2-7,20H,8H2,1H3/b19-7+. The molecule has 0 aliphatic rings. The van der Waals surface area contributed by atoms with Crippen LogP contribution in [0.2, 0.25) is 10.0 Å². The number of rotatable bonds is 5. The second kappa shape index (κ2) is 7.89. The molecule has 2 rings (SSSR count). The minimum absolute atomic E-state index is 0.330. The Labute approximate surface area is 151 Å². The molecule has 1 N–H and O–H groups in total. The number of ether oxygens (including phenoxy) is 2. The van der Waals surface area contributed by atoms with Crippen molar-refractivity contribution in [2.45, 2.75) is 6.61 Å². The monoisotopic (exact) mass is 451 g/mol. The van der Waals surface area contributed by atoms with Crippen LogP contribution in [0.15, 0.2) is 35.5 Å². The number of hydrogen-bond donors (Lipinski definition) is 1. The van der Waals surface area contributed by atoms with E-state index < -0.39 is 0 Å². The average Bonchev–Trinajstić information content (AvgIpc) is 2.49. The maximum Gasteiger partial charge on any atom is 0.174 e. The zero-order chi connectivity index (χ0) is 16.1. The highest BCUT2D eigenvalue weighted by Crippen LogP contribution is 2.34. The zero-order valence-corrected chi connectivity index (χ0v) is 15.2. The maximum atomic E-state index is 8.62. The molecule has 0 saturated heterocycles. The Morgan fingerprint density at radius 1 is 1.23 bits per heavy atom. The minimum atomic E-state index is 0.330. The molecule has 0 saturated carbocycles. The Bertz CT molecular complexity index is 707. The van der Waals surface area contributed by atoms with Crippen LogP contribution in [-0.2, 0) is 6.61 Å². The topological polar surface area (TPSA) is 51.0 Å². The van der Waals surface area contributed by atoms with E-state index in [-0.39, 0.29) is 0 Å². The highest BCUT2D eigenvalue weighted by Gasteiger charge is 2.12. The molecule has 0 atom stereocenters. The Morgan fingerprint density at radius 3 is 2.64 bits per heavy atom. The summed E-state index contributed by atoms with van der Waals surface area (Å²) in [4.78, 5) is 0. The van der Waals surface area contributed by atoms with Crippen molar-refractivity contribution >= 4 is 52.0 Å². The summed E-state index contributed by atoms with van der Waals surface area (Å²) in [5.74, 6) is 1.17. The van der Waals surface area contributed by atoms with Gasteiger partial charge in [0.15, 0.2) is 11.5 Å². The molecule has 7 heteroatoms. The van der Waals surface area contributed by atoms with Crippen LogP contribution in [0.3, 0.4) is 0 Å². The van der Waals surface area contributed by atoms with Crippen LogP contribution < -0.4 is 9.47 Å². The van der Waals surface area contributed by atoms with E-state index >= 15 is 0 Å². The molecule has 0 unspecified atom stereocenters. The summed E-state index contributed by atoms with van der Waals surface area (Å²) in [5.41, 5.74) is 1.61. The number of methoxy groups -OCH3 is 1. The molecule has 0 aliphatic carbocycles. The Balaban J connectivity index is 2.23. The van der Waals surface area contributed by atoms with Crippen LogP contribution in [0, 0.1) is 3.57 Å². The van der Waals surface area contributed by atoms with Crippen LogP contribution in [0.1, 0.15) is 11.1 Å². The first-order valence-corrected chi connectivity index (χ1v) is 8.00. The predicted octanol–water partition coefficient (Wildman–Crippen LogP) is 4.99. The quantitative estimate of drug-likeness (QED) is 0.301. The molecule has 0 heterocycles. The fourth-order valence-corrected chi connectivity index (χ4v) is 2.91. The molecule has 0 aromatic heterocycles. The number of hydrogen-bond acceptors (Lipinski definition) is 4. The highest BCUT2D eigenvalue weighted by molar-refractivity contribution is 14.1. The molecule has 0 bridgehead atoms. The van der Waals surface area contributed by atoms with Gasteiger partial charge in [0.25, 0.3) is 0 Å². The average molecular weight is 452 g/mol. The summed E-state index contributed by atoms with van der Waals surface area (Å²) in [5, 5.41) is 12.6. The van der Waals surface area contributed by atoms with E-state index in [1.54, 1.807) is 25.3 Å². The lowest BCUT2D eigenvalue weighted by Gasteiger charge is -2.13. The number of benzene rings is 2. The van der Waals surface area contributed by atoms with Gasteiger partial charge in [-0.3, -0.25) is 0 Å². The van der Waals surface area contributed by atoms with E-state index in [0.29, 0.717) is 33.7 Å². The van der Waals surface area contributed by atoms with Gasteiger partial charge < -0.3 is 14.7 Å². The SMILES string of the molecule is COc1cc(/C=N/O)cc(I)c1OCc1ccc(Cl)c(Cl)c1. The fourth-order valence-electron chi connectivity index (χ4n) is 1.81. The molecule has 2 aromatic rings. The number of oxime groups is 1. The van der Waals surface area contributed by atoms with Crippen molar-refractivity contribution in [1.82, 2.24) is 0 Å². The molecule has 0 radical (unpaired) electrons. The van der Waals surface area contributed by atoms with Crippen molar-refractivity contribution in [3.05, 3.63) is 55.1 Å². The summed E-state index contributed by atoms with van der Waals surface area (Å²) in [6.45, 7) is 0.330. The van der Waals surface area contributed by atoms with E-state index in [1.165, 1.54) is 6.21 Å². The lowest BCUT2D eigenvalue weighted by atomic mass is 10.2. The van der Waals surface area contributed by atoms with Crippen LogP contribution in [0.25, 0.3) is 0 Å². The molecule has 0 amide bonds. The molecule has 116 valence electrons. The number of halogens is 3. The van der Waals surface area contributed by atoms with E-state index in [2.05, 4.69) is 27.7 Å². The predicted molar refractivity (Wildman–Crippen MR) is 95.9 cm³/mol. The van der Waals surface area contributed by atoms with Gasteiger partial charge in [0.2, 0.25) is 0 Å². The van der Waals surface area contributed by atoms with Gasteiger partial charge in [0.05, 0.1) is 26.9 Å². The third-order valence-electron chi connectivity index (χ3n) is 2.83. The first-order chi connectivity index (χ1) is 10.5. The van der Waals surface area contributed by atoms with Gasteiger partial charge in [-0.05, 0) is 52.4 Å². The first-order valence-electron chi connectivity index (χ1n) is 6.17. The lowest BCUT2D eigenvalue weighted by molar-refractivity contribution is 0.282. The third kappa shape index (κ3) is 4.18. The zero-order valence-electron chi connectivity index (χ0n) is 11.5. The van der Waals surface area contributed by atoms with Crippen molar-refractivity contribution in [2.75, 3.05) is 7.11 Å². The van der Waals surface area contributed by atoms with Crippen molar-refractivity contribution < 1.29 is 14.7 Å². The summed E-state index contributed by atoms with van der Waals surface area (Å²) >= 11 is 14.0. The molecule has 2 aromatic carbocycles. The van der Waals surface area contributed by atoms with Gasteiger partial charge in [-0.25, -0.2) is 0 Å². The van der Waals surface area contributed by atoms with E-state index in [9.17, 15) is 0 Å². The minimum Gasteiger partial charge on any atom is -0.493 e. The number of nitrogens with zero attached hydrogens (tertiary/aromatic N) is 1. The van der Waals surface area contributed by atoms with Crippen molar-refractivity contribution in [3.8, 4) is 11.5 Å². The van der Waals surface area contributed by atoms with Crippen LogP contribution >= 0.6 is 45.8 Å². The molecule has 0 spiro atoms. The third-order valence-corrected chi connectivity index (χ3v) is 4.37. The maximum absolute atomic E-state index is 8.62. The first kappa shape index (κ1) is 17.2. The van der Waals surface area contributed by atoms with Crippen molar-refractivity contribution in [2.24, 2.45) is 5.16 Å². The molecule has 4 nitrogen and oxygen atoms in total. The Kier molecular flexibility index (Phi) is 6.16. The summed E-state index contributed by atoms with van der Waals surface area (Å²) in [6.07, 6.45) is 1.33. The molecular formula is C15H12Cl2INO3. The van der Waals surface area contributed by atoms with Crippen molar-refractivity contribution in [1.29, 1.82) is 0 Å². The van der Waals surface area contributed by atoms with Crippen LogP contribution in [0.4, 0.5) is 0 Å². The summed E-state index contributed by atoms with van der Waals surface area (Å²) in [7, 11) is 1.55. The molecule has 0 aliphatic heterocycles. The second-order valence-electron chi connectivity index (χ2n) is 4.32. The van der Waals surface area contributed by atoms with E-state index in [0.717, 1.165) is 9.13 Å². The summed E-state index contributed by atoms with van der Waals surface area (Å²) < 4.78 is 12.0. The normalized spacial score (nSPS) is 10.9. The van der Waals surface area contributed by atoms with E-state index in [4.69, 9.17) is 37.9 Å². The largest absolute Gasteiger partial charge is 0.493 e. The molecule has 0 fully saturated rings. The van der Waals surface area contributed by atoms with Gasteiger partial charge in [-0.15, -0.1) is 0 Å². The molecular weight excluding hydrogens is 440 g/mol. The molecule has 22 heavy (non-hydrogen) atoms. The summed E-state index contributed by atoms with van der Waals surface area (Å²) in [6, 6.07) is 8.89. The van der Waals surface area contributed by atoms with Gasteiger partial charge >= 0.3 is 0 Å². The van der Waals surface area contributed by atoms with Gasteiger partial charge in [0, 0.05) is 5.56 Å². The highest BCUT2D eigenvalue weighted by atomic mass is 127. The smallest absolute Gasteiger partial charge is 0.174 e. The van der Waals surface area contributed by atoms with Gasteiger partial charge in [-0.2, -0.15) is 0 Å².